The molecule has 0 spiro atoms. The molecule has 2 heterocycles. The van der Waals surface area contributed by atoms with Crippen molar-refractivity contribution in [2.45, 2.75) is 45.0 Å². The summed E-state index contributed by atoms with van der Waals surface area (Å²) in [4.78, 5) is 8.93. The standard InChI is InChI=1S/C13H17Cl2N3/c1-4-5-13(2,3)18-11(7-14)17-10-6-9(15)8-16-12(10)18/h6,8H,4-5,7H2,1-3H3. The largest absolute Gasteiger partial charge is 0.306 e. The first-order valence-electron chi connectivity index (χ1n) is 6.09. The fourth-order valence-electron chi connectivity index (χ4n) is 2.44. The Kier molecular flexibility index (Phi) is 3.83. The van der Waals surface area contributed by atoms with Gasteiger partial charge >= 0.3 is 0 Å². The second kappa shape index (κ2) is 5.06. The van der Waals surface area contributed by atoms with Crippen LogP contribution in [0, 0.1) is 0 Å². The maximum atomic E-state index is 6.01. The van der Waals surface area contributed by atoms with Crippen LogP contribution in [0.1, 0.15) is 39.4 Å². The second-order valence-electron chi connectivity index (χ2n) is 5.06. The maximum Gasteiger partial charge on any atom is 0.160 e. The number of fused-ring (bicyclic) bond motifs is 1. The van der Waals surface area contributed by atoms with Crippen molar-refractivity contribution in [3.8, 4) is 0 Å². The highest BCUT2D eigenvalue weighted by Gasteiger charge is 2.25. The van der Waals surface area contributed by atoms with Gasteiger partial charge in [0.25, 0.3) is 0 Å². The first-order chi connectivity index (χ1) is 8.49. The van der Waals surface area contributed by atoms with Crippen LogP contribution in [-0.2, 0) is 11.4 Å². The van der Waals surface area contributed by atoms with Gasteiger partial charge in [-0.05, 0) is 26.3 Å². The van der Waals surface area contributed by atoms with Crippen LogP contribution in [0.4, 0.5) is 0 Å². The van der Waals surface area contributed by atoms with E-state index in [4.69, 9.17) is 23.2 Å². The molecule has 0 unspecified atom stereocenters. The van der Waals surface area contributed by atoms with Gasteiger partial charge < -0.3 is 4.57 Å². The van der Waals surface area contributed by atoms with Crippen molar-refractivity contribution in [2.75, 3.05) is 0 Å². The number of pyridine rings is 1. The second-order valence-corrected chi connectivity index (χ2v) is 5.76. The van der Waals surface area contributed by atoms with E-state index in [-0.39, 0.29) is 5.54 Å². The molecule has 2 aromatic rings. The van der Waals surface area contributed by atoms with Crippen molar-refractivity contribution in [3.05, 3.63) is 23.1 Å². The minimum absolute atomic E-state index is 0.0471. The molecule has 0 aliphatic heterocycles. The molecule has 0 fully saturated rings. The van der Waals surface area contributed by atoms with Crippen molar-refractivity contribution in [1.82, 2.24) is 14.5 Å². The zero-order valence-corrected chi connectivity index (χ0v) is 12.4. The molecular formula is C13H17Cl2N3. The molecular weight excluding hydrogens is 269 g/mol. The van der Waals surface area contributed by atoms with Crippen molar-refractivity contribution in [1.29, 1.82) is 0 Å². The fraction of sp³-hybridized carbons (Fsp3) is 0.538. The fourth-order valence-corrected chi connectivity index (χ4v) is 2.77. The lowest BCUT2D eigenvalue weighted by Crippen LogP contribution is -2.28. The van der Waals surface area contributed by atoms with E-state index in [1.165, 1.54) is 0 Å². The van der Waals surface area contributed by atoms with Crippen LogP contribution < -0.4 is 0 Å². The molecule has 98 valence electrons. The molecule has 0 N–H and O–H groups in total. The minimum atomic E-state index is -0.0471. The third-order valence-corrected chi connectivity index (χ3v) is 3.57. The summed E-state index contributed by atoms with van der Waals surface area (Å²) in [6.07, 6.45) is 3.80. The predicted octanol–water partition coefficient (Wildman–Crippen LogP) is 4.36. The molecule has 18 heavy (non-hydrogen) atoms. The van der Waals surface area contributed by atoms with Crippen LogP contribution in [0.25, 0.3) is 11.2 Å². The van der Waals surface area contributed by atoms with Gasteiger partial charge in [0.05, 0.1) is 10.9 Å². The molecule has 3 nitrogen and oxygen atoms in total. The Hall–Kier alpha value is -0.800. The van der Waals surface area contributed by atoms with E-state index in [2.05, 4.69) is 35.3 Å². The number of alkyl halides is 1. The predicted molar refractivity (Wildman–Crippen MR) is 76.3 cm³/mol. The molecule has 2 aromatic heterocycles. The molecule has 0 amide bonds. The molecule has 2 rings (SSSR count). The van der Waals surface area contributed by atoms with Gasteiger partial charge in [-0.1, -0.05) is 24.9 Å². The molecule has 0 saturated heterocycles. The van der Waals surface area contributed by atoms with Crippen molar-refractivity contribution < 1.29 is 0 Å². The summed E-state index contributed by atoms with van der Waals surface area (Å²) in [5.74, 6) is 1.22. The number of hydrogen-bond acceptors (Lipinski definition) is 2. The minimum Gasteiger partial charge on any atom is -0.306 e. The lowest BCUT2D eigenvalue weighted by Gasteiger charge is -2.28. The summed E-state index contributed by atoms with van der Waals surface area (Å²) >= 11 is 12.0. The Bertz CT molecular complexity index is 561. The summed E-state index contributed by atoms with van der Waals surface area (Å²) < 4.78 is 2.13. The SMILES string of the molecule is CCCC(C)(C)n1c(CCl)nc2cc(Cl)cnc21. The van der Waals surface area contributed by atoms with Crippen LogP contribution in [0.5, 0.6) is 0 Å². The Morgan fingerprint density at radius 1 is 1.39 bits per heavy atom. The molecule has 0 atom stereocenters. The quantitative estimate of drug-likeness (QED) is 0.782. The van der Waals surface area contributed by atoms with E-state index in [1.54, 1.807) is 6.20 Å². The summed E-state index contributed by atoms with van der Waals surface area (Å²) in [7, 11) is 0. The third kappa shape index (κ3) is 2.34. The number of halogens is 2. The molecule has 5 heteroatoms. The van der Waals surface area contributed by atoms with Gasteiger partial charge in [-0.2, -0.15) is 0 Å². The van der Waals surface area contributed by atoms with Gasteiger partial charge in [-0.25, -0.2) is 9.97 Å². The average molecular weight is 286 g/mol. The third-order valence-electron chi connectivity index (χ3n) is 3.12. The number of imidazole rings is 1. The number of aromatic nitrogens is 3. The van der Waals surface area contributed by atoms with Gasteiger partial charge in [0.15, 0.2) is 5.65 Å². The monoisotopic (exact) mass is 285 g/mol. The van der Waals surface area contributed by atoms with Gasteiger partial charge in [0.1, 0.15) is 11.3 Å². The van der Waals surface area contributed by atoms with Crippen LogP contribution in [0.15, 0.2) is 12.3 Å². The molecule has 0 aliphatic carbocycles. The zero-order chi connectivity index (χ0) is 13.3. The Balaban J connectivity index is 2.67. The van der Waals surface area contributed by atoms with E-state index in [0.717, 1.165) is 29.8 Å². The van der Waals surface area contributed by atoms with Crippen LogP contribution >= 0.6 is 23.2 Å². The summed E-state index contributed by atoms with van der Waals surface area (Å²) in [5.41, 5.74) is 1.62. The first kappa shape index (κ1) is 13.6. The highest BCUT2D eigenvalue weighted by molar-refractivity contribution is 6.31. The molecule has 0 aliphatic rings. The van der Waals surface area contributed by atoms with Crippen molar-refractivity contribution in [2.24, 2.45) is 0 Å². The van der Waals surface area contributed by atoms with E-state index >= 15 is 0 Å². The highest BCUT2D eigenvalue weighted by Crippen LogP contribution is 2.29. The van der Waals surface area contributed by atoms with Crippen LogP contribution in [-0.4, -0.2) is 14.5 Å². The molecule has 0 radical (unpaired) electrons. The van der Waals surface area contributed by atoms with E-state index in [0.29, 0.717) is 10.9 Å². The Morgan fingerprint density at radius 2 is 2.11 bits per heavy atom. The Labute approximate surface area is 117 Å². The zero-order valence-electron chi connectivity index (χ0n) is 10.9. The average Bonchev–Trinajstić information content (AvgIpc) is 2.66. The Morgan fingerprint density at radius 3 is 2.72 bits per heavy atom. The summed E-state index contributed by atoms with van der Waals surface area (Å²) in [6.45, 7) is 6.54. The van der Waals surface area contributed by atoms with Crippen LogP contribution in [0.2, 0.25) is 5.02 Å². The summed E-state index contributed by atoms with van der Waals surface area (Å²) in [6, 6.07) is 1.83. The maximum absolute atomic E-state index is 6.01. The highest BCUT2D eigenvalue weighted by atomic mass is 35.5. The van der Waals surface area contributed by atoms with E-state index in [1.807, 2.05) is 6.07 Å². The van der Waals surface area contributed by atoms with E-state index in [9.17, 15) is 0 Å². The van der Waals surface area contributed by atoms with Gasteiger partial charge in [0.2, 0.25) is 0 Å². The normalized spacial score (nSPS) is 12.3. The van der Waals surface area contributed by atoms with Gasteiger partial charge in [0, 0.05) is 11.7 Å². The molecule has 0 bridgehead atoms. The lowest BCUT2D eigenvalue weighted by molar-refractivity contribution is 0.324. The lowest BCUT2D eigenvalue weighted by atomic mass is 9.98. The van der Waals surface area contributed by atoms with Crippen LogP contribution in [0.3, 0.4) is 0 Å². The smallest absolute Gasteiger partial charge is 0.160 e. The van der Waals surface area contributed by atoms with Gasteiger partial charge in [-0.3, -0.25) is 0 Å². The van der Waals surface area contributed by atoms with E-state index < -0.39 is 0 Å². The first-order valence-corrected chi connectivity index (χ1v) is 7.00. The molecule has 0 aromatic carbocycles. The number of nitrogens with zero attached hydrogens (tertiary/aromatic N) is 3. The van der Waals surface area contributed by atoms with Gasteiger partial charge in [-0.15, -0.1) is 11.6 Å². The molecule has 0 saturated carbocycles. The number of hydrogen-bond donors (Lipinski definition) is 0. The summed E-state index contributed by atoms with van der Waals surface area (Å²) in [5, 5.41) is 0.599. The van der Waals surface area contributed by atoms with Crippen molar-refractivity contribution in [3.63, 3.8) is 0 Å². The van der Waals surface area contributed by atoms with Crippen molar-refractivity contribution >= 4 is 34.4 Å². The number of rotatable bonds is 4. The topological polar surface area (TPSA) is 30.7 Å².